The van der Waals surface area contributed by atoms with Crippen LogP contribution in [0.2, 0.25) is 10.2 Å². The molecule has 0 fully saturated rings. The third-order valence-corrected chi connectivity index (χ3v) is 4.75. The summed E-state index contributed by atoms with van der Waals surface area (Å²) in [7, 11) is 3.47. The molecule has 1 aromatic carbocycles. The van der Waals surface area contributed by atoms with Crippen LogP contribution < -0.4 is 16.0 Å². The number of nitrogens with zero attached hydrogens (tertiary/aromatic N) is 2. The molecule has 0 radical (unpaired) electrons. The quantitative estimate of drug-likeness (QED) is 0.306. The summed E-state index contributed by atoms with van der Waals surface area (Å²) in [6.07, 6.45) is 0.922. The molecule has 0 aliphatic heterocycles. The number of aryl methyl sites for hydroxylation is 1. The zero-order valence-corrected chi connectivity index (χ0v) is 19.3. The summed E-state index contributed by atoms with van der Waals surface area (Å²) in [6, 6.07) is 9.58. The van der Waals surface area contributed by atoms with Crippen LogP contribution in [0, 0.1) is 0 Å². The summed E-state index contributed by atoms with van der Waals surface area (Å²) >= 11 is 12.1. The number of guanidine groups is 1. The number of benzene rings is 1. The van der Waals surface area contributed by atoms with Gasteiger partial charge in [-0.15, -0.1) is 24.0 Å². The van der Waals surface area contributed by atoms with Crippen LogP contribution in [0.25, 0.3) is 0 Å². The number of hydrogen-bond acceptors (Lipinski definition) is 2. The van der Waals surface area contributed by atoms with E-state index in [2.05, 4.69) is 27.9 Å². The number of aromatic nitrogens is 1. The molecule has 2 aromatic rings. The molecule has 0 aliphatic carbocycles. The Bertz CT molecular complexity index is 807. The molecule has 0 aliphatic rings. The van der Waals surface area contributed by atoms with E-state index in [1.807, 2.05) is 31.3 Å². The highest BCUT2D eigenvalue weighted by Gasteiger charge is 2.10. The Kier molecular flexibility index (Phi) is 9.97. The predicted molar refractivity (Wildman–Crippen MR) is 123 cm³/mol. The summed E-state index contributed by atoms with van der Waals surface area (Å²) in [5.41, 5.74) is 2.86. The van der Waals surface area contributed by atoms with Crippen molar-refractivity contribution in [1.29, 1.82) is 0 Å². The number of carbonyl (C=O) groups is 1. The van der Waals surface area contributed by atoms with Crippen molar-refractivity contribution in [3.63, 3.8) is 0 Å². The van der Waals surface area contributed by atoms with E-state index in [4.69, 9.17) is 23.2 Å². The number of anilines is 1. The molecule has 0 saturated carbocycles. The number of amides is 1. The Morgan fingerprint density at radius 1 is 1.22 bits per heavy atom. The highest BCUT2D eigenvalue weighted by Crippen LogP contribution is 2.24. The molecule has 0 atom stereocenters. The average Bonchev–Trinajstić information content (AvgIpc) is 2.89. The van der Waals surface area contributed by atoms with Crippen molar-refractivity contribution in [2.45, 2.75) is 19.9 Å². The van der Waals surface area contributed by atoms with Crippen molar-refractivity contribution in [2.75, 3.05) is 18.9 Å². The molecule has 9 heteroatoms. The van der Waals surface area contributed by atoms with Crippen molar-refractivity contribution >= 4 is 64.7 Å². The van der Waals surface area contributed by atoms with Gasteiger partial charge in [-0.25, -0.2) is 0 Å². The van der Waals surface area contributed by atoms with E-state index in [0.717, 1.165) is 17.8 Å². The molecule has 1 aromatic heterocycles. The Morgan fingerprint density at radius 2 is 1.96 bits per heavy atom. The Morgan fingerprint density at radius 3 is 2.56 bits per heavy atom. The zero-order chi connectivity index (χ0) is 19.1. The van der Waals surface area contributed by atoms with Gasteiger partial charge in [-0.2, -0.15) is 0 Å². The molecule has 6 nitrogen and oxygen atoms in total. The molecule has 2 rings (SSSR count). The average molecular weight is 524 g/mol. The van der Waals surface area contributed by atoms with Crippen molar-refractivity contribution < 1.29 is 4.79 Å². The summed E-state index contributed by atoms with van der Waals surface area (Å²) in [6.45, 7) is 2.65. The van der Waals surface area contributed by atoms with E-state index in [1.54, 1.807) is 17.7 Å². The van der Waals surface area contributed by atoms with E-state index in [1.165, 1.54) is 5.56 Å². The van der Waals surface area contributed by atoms with Gasteiger partial charge < -0.3 is 20.5 Å². The topological polar surface area (TPSA) is 70.4 Å². The van der Waals surface area contributed by atoms with Crippen LogP contribution in [-0.2, 0) is 24.8 Å². The second-order valence-corrected chi connectivity index (χ2v) is 6.48. The summed E-state index contributed by atoms with van der Waals surface area (Å²) < 4.78 is 1.79. The highest BCUT2D eigenvalue weighted by molar-refractivity contribution is 14.0. The lowest BCUT2D eigenvalue weighted by Crippen LogP contribution is -2.41. The highest BCUT2D eigenvalue weighted by atomic mass is 127. The van der Waals surface area contributed by atoms with Crippen molar-refractivity contribution in [3.8, 4) is 0 Å². The summed E-state index contributed by atoms with van der Waals surface area (Å²) in [5.74, 6) is 0.363. The fourth-order valence-electron chi connectivity index (χ4n) is 2.39. The molecular formula is C18H24Cl2IN5O. The maximum absolute atomic E-state index is 12.1. The lowest BCUT2D eigenvalue weighted by atomic mass is 10.1. The molecular weight excluding hydrogens is 500 g/mol. The Hall–Kier alpha value is -1.45. The van der Waals surface area contributed by atoms with Crippen LogP contribution in [-0.4, -0.2) is 30.0 Å². The molecule has 0 unspecified atom stereocenters. The minimum absolute atomic E-state index is 0. The van der Waals surface area contributed by atoms with E-state index < -0.39 is 0 Å². The van der Waals surface area contributed by atoms with Crippen LogP contribution in [0.4, 0.5) is 5.69 Å². The van der Waals surface area contributed by atoms with Gasteiger partial charge in [0.1, 0.15) is 5.15 Å². The van der Waals surface area contributed by atoms with Crippen LogP contribution in [0.15, 0.2) is 35.3 Å². The first-order valence-electron chi connectivity index (χ1n) is 8.27. The van der Waals surface area contributed by atoms with Gasteiger partial charge >= 0.3 is 0 Å². The van der Waals surface area contributed by atoms with Crippen molar-refractivity contribution in [1.82, 2.24) is 15.2 Å². The molecule has 0 saturated heterocycles. The van der Waals surface area contributed by atoms with Crippen molar-refractivity contribution in [2.24, 2.45) is 12.0 Å². The normalized spacial score (nSPS) is 10.9. The maximum atomic E-state index is 12.1. The number of halogens is 3. The SMILES string of the molecule is CCc1cccc(NC(=O)CNC(=NC)NCc2cc(Cl)c(Cl)n2C)c1.I. The van der Waals surface area contributed by atoms with Gasteiger partial charge in [0.05, 0.1) is 18.1 Å². The molecule has 0 bridgehead atoms. The van der Waals surface area contributed by atoms with E-state index in [-0.39, 0.29) is 36.4 Å². The van der Waals surface area contributed by atoms with Gasteiger partial charge in [-0.1, -0.05) is 42.3 Å². The first kappa shape index (κ1) is 23.6. The molecule has 148 valence electrons. The molecule has 27 heavy (non-hydrogen) atoms. The van der Waals surface area contributed by atoms with Gasteiger partial charge in [0.2, 0.25) is 5.91 Å². The second-order valence-electron chi connectivity index (χ2n) is 5.71. The molecule has 3 N–H and O–H groups in total. The zero-order valence-electron chi connectivity index (χ0n) is 15.5. The van der Waals surface area contributed by atoms with Crippen LogP contribution in [0.3, 0.4) is 0 Å². The molecule has 1 amide bonds. The minimum atomic E-state index is -0.147. The number of rotatable bonds is 6. The number of carbonyl (C=O) groups excluding carboxylic acids is 1. The van der Waals surface area contributed by atoms with Gasteiger partial charge in [0, 0.05) is 25.5 Å². The van der Waals surface area contributed by atoms with E-state index >= 15 is 0 Å². The first-order chi connectivity index (χ1) is 12.4. The van der Waals surface area contributed by atoms with Gasteiger partial charge in [0.15, 0.2) is 5.96 Å². The van der Waals surface area contributed by atoms with Gasteiger partial charge in [0.25, 0.3) is 0 Å². The van der Waals surface area contributed by atoms with Gasteiger partial charge in [-0.05, 0) is 30.2 Å². The number of nitrogens with one attached hydrogen (secondary N) is 3. The maximum Gasteiger partial charge on any atom is 0.243 e. The minimum Gasteiger partial charge on any atom is -0.351 e. The van der Waals surface area contributed by atoms with Gasteiger partial charge in [-0.3, -0.25) is 9.79 Å². The smallest absolute Gasteiger partial charge is 0.243 e. The number of aliphatic imine (C=N–C) groups is 1. The first-order valence-corrected chi connectivity index (χ1v) is 9.03. The van der Waals surface area contributed by atoms with Crippen LogP contribution in [0.1, 0.15) is 18.2 Å². The van der Waals surface area contributed by atoms with Crippen LogP contribution in [0.5, 0.6) is 0 Å². The standard InChI is InChI=1S/C18H23Cl2N5O.HI/c1-4-12-6-5-7-13(8-12)24-16(26)11-23-18(21-2)22-10-14-9-15(19)17(20)25(14)3;/h5-9H,4,10-11H2,1-3H3,(H,24,26)(H2,21,22,23);1H. The monoisotopic (exact) mass is 523 g/mol. The summed E-state index contributed by atoms with van der Waals surface area (Å²) in [5, 5.41) is 9.96. The predicted octanol–water partition coefficient (Wildman–Crippen LogP) is 3.82. The third-order valence-electron chi connectivity index (χ3n) is 3.91. The van der Waals surface area contributed by atoms with Crippen LogP contribution >= 0.6 is 47.2 Å². The second kappa shape index (κ2) is 11.4. The largest absolute Gasteiger partial charge is 0.351 e. The van der Waals surface area contributed by atoms with E-state index in [9.17, 15) is 4.79 Å². The summed E-state index contributed by atoms with van der Waals surface area (Å²) in [4.78, 5) is 16.2. The lowest BCUT2D eigenvalue weighted by molar-refractivity contribution is -0.115. The molecule has 1 heterocycles. The van der Waals surface area contributed by atoms with E-state index in [0.29, 0.717) is 22.7 Å². The fourth-order valence-corrected chi connectivity index (χ4v) is 2.81. The van der Waals surface area contributed by atoms with Crippen molar-refractivity contribution in [3.05, 3.63) is 51.8 Å². The number of hydrogen-bond donors (Lipinski definition) is 3. The lowest BCUT2D eigenvalue weighted by Gasteiger charge is -2.13. The Balaban J connectivity index is 0.00000364. The fraction of sp³-hybridized carbons (Fsp3) is 0.333. The third kappa shape index (κ3) is 6.90. The Labute approximate surface area is 186 Å². The molecule has 0 spiro atoms.